The van der Waals surface area contributed by atoms with Crippen LogP contribution in [0.15, 0.2) is 9.59 Å². The number of aromatic amines is 1. The van der Waals surface area contributed by atoms with Gasteiger partial charge in [0.2, 0.25) is 0 Å². The summed E-state index contributed by atoms with van der Waals surface area (Å²) in [7, 11) is 0. The maximum atomic E-state index is 13.0. The monoisotopic (exact) mass is 379 g/mol. The summed E-state index contributed by atoms with van der Waals surface area (Å²) in [5.74, 6) is 0.219. The van der Waals surface area contributed by atoms with E-state index in [0.717, 1.165) is 38.5 Å². The van der Waals surface area contributed by atoms with Crippen molar-refractivity contribution in [3.8, 4) is 0 Å². The molecule has 0 atom stereocenters. The quantitative estimate of drug-likeness (QED) is 0.675. The van der Waals surface area contributed by atoms with Crippen molar-refractivity contribution in [3.63, 3.8) is 0 Å². The molecule has 27 heavy (non-hydrogen) atoms. The SMILES string of the molecule is CCCCN(C(=O)NC1CCCCC1)c1c(N)n(CC(C)C)c(=O)[nH]c1=O. The van der Waals surface area contributed by atoms with Crippen LogP contribution in [0, 0.1) is 5.92 Å². The molecule has 0 radical (unpaired) electrons. The smallest absolute Gasteiger partial charge is 0.330 e. The highest BCUT2D eigenvalue weighted by molar-refractivity contribution is 5.94. The molecular formula is C19H33N5O3. The van der Waals surface area contributed by atoms with Crippen LogP contribution in [0.5, 0.6) is 0 Å². The fourth-order valence-electron chi connectivity index (χ4n) is 3.52. The van der Waals surface area contributed by atoms with E-state index in [1.54, 1.807) is 0 Å². The molecule has 8 nitrogen and oxygen atoms in total. The van der Waals surface area contributed by atoms with E-state index in [-0.39, 0.29) is 29.5 Å². The van der Waals surface area contributed by atoms with Crippen LogP contribution in [0.4, 0.5) is 16.3 Å². The zero-order valence-corrected chi connectivity index (χ0v) is 16.7. The number of rotatable bonds is 7. The summed E-state index contributed by atoms with van der Waals surface area (Å²) in [5.41, 5.74) is 5.10. The molecule has 4 N–H and O–H groups in total. The van der Waals surface area contributed by atoms with Gasteiger partial charge >= 0.3 is 11.7 Å². The second-order valence-corrected chi connectivity index (χ2v) is 7.79. The van der Waals surface area contributed by atoms with Crippen molar-refractivity contribution in [2.75, 3.05) is 17.2 Å². The minimum atomic E-state index is -0.618. The van der Waals surface area contributed by atoms with Crippen molar-refractivity contribution in [1.29, 1.82) is 0 Å². The number of unbranched alkanes of at least 4 members (excludes halogenated alkanes) is 1. The number of nitrogen functional groups attached to an aromatic ring is 1. The lowest BCUT2D eigenvalue weighted by Gasteiger charge is -2.29. The number of nitrogens with two attached hydrogens (primary N) is 1. The average Bonchev–Trinajstić information content (AvgIpc) is 2.61. The van der Waals surface area contributed by atoms with Gasteiger partial charge in [-0.25, -0.2) is 9.59 Å². The van der Waals surface area contributed by atoms with Gasteiger partial charge < -0.3 is 11.1 Å². The van der Waals surface area contributed by atoms with Crippen molar-refractivity contribution >= 4 is 17.5 Å². The van der Waals surface area contributed by atoms with Crippen LogP contribution in [-0.2, 0) is 6.54 Å². The van der Waals surface area contributed by atoms with Crippen molar-refractivity contribution in [2.24, 2.45) is 5.92 Å². The highest BCUT2D eigenvalue weighted by Crippen LogP contribution is 2.21. The van der Waals surface area contributed by atoms with E-state index in [1.165, 1.54) is 15.9 Å². The molecule has 1 aliphatic carbocycles. The number of urea groups is 1. The van der Waals surface area contributed by atoms with E-state index in [0.29, 0.717) is 13.1 Å². The van der Waals surface area contributed by atoms with Gasteiger partial charge in [-0.05, 0) is 25.2 Å². The van der Waals surface area contributed by atoms with E-state index >= 15 is 0 Å². The maximum Gasteiger partial charge on any atom is 0.330 e. The second-order valence-electron chi connectivity index (χ2n) is 7.79. The van der Waals surface area contributed by atoms with Crippen LogP contribution in [-0.4, -0.2) is 28.2 Å². The van der Waals surface area contributed by atoms with Gasteiger partial charge in [0, 0.05) is 19.1 Å². The zero-order chi connectivity index (χ0) is 20.0. The Balaban J connectivity index is 2.38. The number of nitrogens with zero attached hydrogens (tertiary/aromatic N) is 2. The lowest BCUT2D eigenvalue weighted by Crippen LogP contribution is -2.49. The first-order valence-corrected chi connectivity index (χ1v) is 10.1. The lowest BCUT2D eigenvalue weighted by atomic mass is 9.96. The molecule has 0 unspecified atom stereocenters. The van der Waals surface area contributed by atoms with Crippen LogP contribution in [0.1, 0.15) is 65.7 Å². The molecule has 1 heterocycles. The number of carbonyl (C=O) groups excluding carboxylic acids is 1. The summed E-state index contributed by atoms with van der Waals surface area (Å²) >= 11 is 0. The predicted molar refractivity (Wildman–Crippen MR) is 108 cm³/mol. The molecule has 0 bridgehead atoms. The molecule has 1 saturated carbocycles. The highest BCUT2D eigenvalue weighted by atomic mass is 16.2. The molecular weight excluding hydrogens is 346 g/mol. The van der Waals surface area contributed by atoms with E-state index in [2.05, 4.69) is 10.3 Å². The summed E-state index contributed by atoms with van der Waals surface area (Å²) in [6.45, 7) is 6.69. The van der Waals surface area contributed by atoms with Gasteiger partial charge in [0.05, 0.1) is 0 Å². The normalized spacial score (nSPS) is 15.1. The van der Waals surface area contributed by atoms with Crippen molar-refractivity contribution in [1.82, 2.24) is 14.9 Å². The van der Waals surface area contributed by atoms with Gasteiger partial charge in [0.1, 0.15) is 5.82 Å². The van der Waals surface area contributed by atoms with E-state index in [4.69, 9.17) is 5.73 Å². The van der Waals surface area contributed by atoms with Crippen LogP contribution in [0.3, 0.4) is 0 Å². The van der Waals surface area contributed by atoms with Crippen molar-refractivity contribution < 1.29 is 4.79 Å². The molecule has 8 heteroatoms. The van der Waals surface area contributed by atoms with Gasteiger partial charge in [-0.3, -0.25) is 19.2 Å². The van der Waals surface area contributed by atoms with Gasteiger partial charge in [-0.2, -0.15) is 0 Å². The summed E-state index contributed by atoms with van der Waals surface area (Å²) in [5, 5.41) is 3.05. The lowest BCUT2D eigenvalue weighted by molar-refractivity contribution is 0.238. The third-order valence-corrected chi connectivity index (χ3v) is 4.94. The third kappa shape index (κ3) is 5.37. The van der Waals surface area contributed by atoms with Crippen LogP contribution in [0.25, 0.3) is 0 Å². The number of aromatic nitrogens is 2. The minimum Gasteiger partial charge on any atom is -0.383 e. The molecule has 0 aromatic carbocycles. The largest absolute Gasteiger partial charge is 0.383 e. The number of anilines is 2. The average molecular weight is 380 g/mol. The minimum absolute atomic E-state index is 0.0485. The molecule has 0 spiro atoms. The molecule has 152 valence electrons. The molecule has 2 rings (SSSR count). The second kappa shape index (κ2) is 9.62. The summed E-state index contributed by atoms with van der Waals surface area (Å²) < 4.78 is 1.34. The molecule has 0 aliphatic heterocycles. The molecule has 2 amide bonds. The standard InChI is InChI=1S/C19H33N5O3/c1-4-5-11-23(18(26)21-14-9-7-6-8-10-14)15-16(20)24(12-13(2)3)19(27)22-17(15)25/h13-14H,4-12,20H2,1-3H3,(H,21,26)(H,22,25,27). The summed E-state index contributed by atoms with van der Waals surface area (Å²) in [6.07, 6.45) is 6.90. The number of hydrogen-bond acceptors (Lipinski definition) is 4. The Hall–Kier alpha value is -2.25. The van der Waals surface area contributed by atoms with Gasteiger partial charge in [0.15, 0.2) is 5.69 Å². The zero-order valence-electron chi connectivity index (χ0n) is 16.7. The Bertz CT molecular complexity index is 747. The molecule has 1 aromatic heterocycles. The third-order valence-electron chi connectivity index (χ3n) is 4.94. The van der Waals surface area contributed by atoms with E-state index in [9.17, 15) is 14.4 Å². The Kier molecular flexibility index (Phi) is 7.50. The number of H-pyrrole nitrogens is 1. The highest BCUT2D eigenvalue weighted by Gasteiger charge is 2.26. The van der Waals surface area contributed by atoms with Gasteiger partial charge in [-0.1, -0.05) is 46.5 Å². The molecule has 0 saturated heterocycles. The first-order valence-electron chi connectivity index (χ1n) is 10.1. The molecule has 1 aliphatic rings. The number of nitrogens with one attached hydrogen (secondary N) is 2. The fraction of sp³-hybridized carbons (Fsp3) is 0.737. The fourth-order valence-corrected chi connectivity index (χ4v) is 3.52. The predicted octanol–water partition coefficient (Wildman–Crippen LogP) is 2.42. The topological polar surface area (TPSA) is 113 Å². The Morgan fingerprint density at radius 3 is 2.56 bits per heavy atom. The van der Waals surface area contributed by atoms with Gasteiger partial charge in [-0.15, -0.1) is 0 Å². The number of amides is 2. The maximum absolute atomic E-state index is 13.0. The summed E-state index contributed by atoms with van der Waals surface area (Å²) in [6, 6.07) is -0.195. The number of carbonyl (C=O) groups is 1. The molecule has 1 aromatic rings. The van der Waals surface area contributed by atoms with Crippen LogP contribution in [0.2, 0.25) is 0 Å². The summed E-state index contributed by atoms with van der Waals surface area (Å²) in [4.78, 5) is 41.4. The first kappa shape index (κ1) is 21.1. The van der Waals surface area contributed by atoms with E-state index < -0.39 is 11.2 Å². The molecule has 1 fully saturated rings. The van der Waals surface area contributed by atoms with Crippen molar-refractivity contribution in [3.05, 3.63) is 20.8 Å². The Morgan fingerprint density at radius 2 is 1.96 bits per heavy atom. The number of hydrogen-bond donors (Lipinski definition) is 3. The Labute approximate surface area is 160 Å². The Morgan fingerprint density at radius 1 is 1.30 bits per heavy atom. The van der Waals surface area contributed by atoms with Gasteiger partial charge in [0.25, 0.3) is 5.56 Å². The van der Waals surface area contributed by atoms with Crippen molar-refractivity contribution in [2.45, 2.75) is 78.3 Å². The van der Waals surface area contributed by atoms with Crippen LogP contribution < -0.4 is 27.2 Å². The first-order chi connectivity index (χ1) is 12.8. The van der Waals surface area contributed by atoms with E-state index in [1.807, 2.05) is 20.8 Å². The van der Waals surface area contributed by atoms with Crippen LogP contribution >= 0.6 is 0 Å².